The van der Waals surface area contributed by atoms with Gasteiger partial charge in [-0.2, -0.15) is 0 Å². The van der Waals surface area contributed by atoms with E-state index in [2.05, 4.69) is 15.9 Å². The third-order valence-corrected chi connectivity index (χ3v) is 3.82. The molecule has 0 saturated heterocycles. The Labute approximate surface area is 126 Å². The molecule has 0 bridgehead atoms. The standard InChI is InChI=1S/C13H6BrCl2F3/c14-6-1-2-9(15)8(3-6)13(16)12-10(18)4-7(17)5-11(12)19/h1-5,13H. The number of hydrogen-bond donors (Lipinski definition) is 0. The number of rotatable bonds is 2. The van der Waals surface area contributed by atoms with E-state index >= 15 is 0 Å². The molecule has 2 rings (SSSR count). The summed E-state index contributed by atoms with van der Waals surface area (Å²) in [6.45, 7) is 0. The van der Waals surface area contributed by atoms with Crippen molar-refractivity contribution < 1.29 is 13.2 Å². The lowest BCUT2D eigenvalue weighted by atomic mass is 10.0. The minimum absolute atomic E-state index is 0.270. The maximum atomic E-state index is 13.7. The first-order chi connectivity index (χ1) is 8.90. The van der Waals surface area contributed by atoms with E-state index in [1.807, 2.05) is 0 Å². The summed E-state index contributed by atoms with van der Waals surface area (Å²) in [5.41, 5.74) is -0.0924. The number of halogens is 6. The molecule has 0 heterocycles. The van der Waals surface area contributed by atoms with Crippen molar-refractivity contribution in [3.8, 4) is 0 Å². The summed E-state index contributed by atoms with van der Waals surface area (Å²) in [7, 11) is 0. The van der Waals surface area contributed by atoms with Crippen molar-refractivity contribution in [2.75, 3.05) is 0 Å². The first-order valence-electron chi connectivity index (χ1n) is 5.13. The van der Waals surface area contributed by atoms with Gasteiger partial charge >= 0.3 is 0 Å². The minimum Gasteiger partial charge on any atom is -0.207 e. The van der Waals surface area contributed by atoms with E-state index in [1.165, 1.54) is 0 Å². The molecule has 0 amide bonds. The van der Waals surface area contributed by atoms with Crippen LogP contribution >= 0.6 is 39.1 Å². The predicted molar refractivity (Wildman–Crippen MR) is 73.2 cm³/mol. The topological polar surface area (TPSA) is 0 Å². The molecule has 0 aromatic heterocycles. The van der Waals surface area contributed by atoms with Crippen LogP contribution in [0.25, 0.3) is 0 Å². The normalized spacial score (nSPS) is 12.5. The Morgan fingerprint density at radius 3 is 2.16 bits per heavy atom. The summed E-state index contributed by atoms with van der Waals surface area (Å²) >= 11 is 15.2. The molecule has 2 aromatic carbocycles. The molecule has 0 radical (unpaired) electrons. The summed E-state index contributed by atoms with van der Waals surface area (Å²) in [6.07, 6.45) is 0. The van der Waals surface area contributed by atoms with Gasteiger partial charge in [-0.3, -0.25) is 0 Å². The molecular weight excluding hydrogens is 364 g/mol. The highest BCUT2D eigenvalue weighted by atomic mass is 79.9. The fourth-order valence-corrected chi connectivity index (χ4v) is 2.71. The quantitative estimate of drug-likeness (QED) is 0.582. The van der Waals surface area contributed by atoms with Crippen LogP contribution in [-0.2, 0) is 0 Å². The fraction of sp³-hybridized carbons (Fsp3) is 0.0769. The van der Waals surface area contributed by atoms with Crippen LogP contribution in [0.1, 0.15) is 16.5 Å². The Kier molecular flexibility index (Phi) is 4.43. The van der Waals surface area contributed by atoms with Crippen LogP contribution in [0.2, 0.25) is 5.02 Å². The van der Waals surface area contributed by atoms with Crippen molar-refractivity contribution in [2.24, 2.45) is 0 Å². The van der Waals surface area contributed by atoms with Crippen LogP contribution in [0.5, 0.6) is 0 Å². The lowest BCUT2D eigenvalue weighted by Crippen LogP contribution is -2.03. The Bertz CT molecular complexity index is 608. The highest BCUT2D eigenvalue weighted by Crippen LogP contribution is 2.37. The van der Waals surface area contributed by atoms with Crippen LogP contribution in [0.15, 0.2) is 34.8 Å². The van der Waals surface area contributed by atoms with Gasteiger partial charge in [-0.1, -0.05) is 27.5 Å². The zero-order valence-electron chi connectivity index (χ0n) is 9.23. The first-order valence-corrected chi connectivity index (χ1v) is 6.74. The molecule has 0 saturated carbocycles. The molecule has 0 nitrogen and oxygen atoms in total. The Balaban J connectivity index is 2.56. The third kappa shape index (κ3) is 3.07. The van der Waals surface area contributed by atoms with E-state index < -0.39 is 28.4 Å². The van der Waals surface area contributed by atoms with E-state index in [1.54, 1.807) is 18.2 Å². The van der Waals surface area contributed by atoms with Gasteiger partial charge < -0.3 is 0 Å². The number of alkyl halides is 1. The molecule has 0 aliphatic heterocycles. The number of benzene rings is 2. The largest absolute Gasteiger partial charge is 0.207 e. The van der Waals surface area contributed by atoms with Crippen LogP contribution < -0.4 is 0 Å². The molecule has 0 spiro atoms. The summed E-state index contributed by atoms with van der Waals surface area (Å²) in [6, 6.07) is 5.95. The second kappa shape index (κ2) is 5.73. The molecule has 19 heavy (non-hydrogen) atoms. The van der Waals surface area contributed by atoms with Crippen molar-refractivity contribution in [1.82, 2.24) is 0 Å². The second-order valence-corrected chi connectivity index (χ2v) is 5.57. The van der Waals surface area contributed by atoms with Gasteiger partial charge in [0.05, 0.1) is 5.38 Å². The molecule has 0 N–H and O–H groups in total. The Hall–Kier alpha value is -0.710. The highest BCUT2D eigenvalue weighted by Gasteiger charge is 2.23. The van der Waals surface area contributed by atoms with Crippen LogP contribution in [0, 0.1) is 17.5 Å². The van der Waals surface area contributed by atoms with Crippen LogP contribution in [0.4, 0.5) is 13.2 Å². The van der Waals surface area contributed by atoms with Crippen LogP contribution in [0.3, 0.4) is 0 Å². The minimum atomic E-state index is -1.15. The van der Waals surface area contributed by atoms with Gasteiger partial charge in [0, 0.05) is 27.2 Å². The molecule has 6 heteroatoms. The second-order valence-electron chi connectivity index (χ2n) is 3.81. The molecular formula is C13H6BrCl2F3. The lowest BCUT2D eigenvalue weighted by molar-refractivity contribution is 0.526. The molecule has 2 aromatic rings. The SMILES string of the molecule is Fc1cc(F)c(C(Cl)c2cc(Br)ccc2Cl)c(F)c1. The van der Waals surface area contributed by atoms with Gasteiger partial charge in [-0.15, -0.1) is 11.6 Å². The molecule has 1 atom stereocenters. The summed E-state index contributed by atoms with van der Waals surface area (Å²) in [5.74, 6) is -3.09. The van der Waals surface area contributed by atoms with E-state index in [4.69, 9.17) is 23.2 Å². The lowest BCUT2D eigenvalue weighted by Gasteiger charge is -2.14. The summed E-state index contributed by atoms with van der Waals surface area (Å²) in [4.78, 5) is 0. The van der Waals surface area contributed by atoms with Crippen molar-refractivity contribution >= 4 is 39.1 Å². The highest BCUT2D eigenvalue weighted by molar-refractivity contribution is 9.10. The van der Waals surface area contributed by atoms with Crippen LogP contribution in [-0.4, -0.2) is 0 Å². The van der Waals surface area contributed by atoms with Gasteiger partial charge in [0.2, 0.25) is 0 Å². The summed E-state index contributed by atoms with van der Waals surface area (Å²) < 4.78 is 40.8. The molecule has 0 aliphatic rings. The molecule has 0 aliphatic carbocycles. The Morgan fingerprint density at radius 2 is 1.58 bits per heavy atom. The average Bonchev–Trinajstić information content (AvgIpc) is 2.30. The van der Waals surface area contributed by atoms with Crippen molar-refractivity contribution in [1.29, 1.82) is 0 Å². The van der Waals surface area contributed by atoms with Gasteiger partial charge in [0.15, 0.2) is 0 Å². The molecule has 100 valence electrons. The van der Waals surface area contributed by atoms with Gasteiger partial charge in [-0.05, 0) is 23.8 Å². The summed E-state index contributed by atoms with van der Waals surface area (Å²) in [5, 5.41) is -0.878. The van der Waals surface area contributed by atoms with Gasteiger partial charge in [-0.25, -0.2) is 13.2 Å². The Morgan fingerprint density at radius 1 is 1.00 bits per heavy atom. The van der Waals surface area contributed by atoms with Crippen molar-refractivity contribution in [3.05, 3.63) is 68.4 Å². The molecule has 0 fully saturated rings. The van der Waals surface area contributed by atoms with E-state index in [9.17, 15) is 13.2 Å². The van der Waals surface area contributed by atoms with E-state index in [-0.39, 0.29) is 5.02 Å². The van der Waals surface area contributed by atoms with Gasteiger partial charge in [0.25, 0.3) is 0 Å². The monoisotopic (exact) mass is 368 g/mol. The van der Waals surface area contributed by atoms with E-state index in [0.717, 1.165) is 0 Å². The zero-order valence-corrected chi connectivity index (χ0v) is 12.3. The molecule has 1 unspecified atom stereocenters. The average molecular weight is 370 g/mol. The van der Waals surface area contributed by atoms with Crippen molar-refractivity contribution in [2.45, 2.75) is 5.38 Å². The van der Waals surface area contributed by atoms with E-state index in [0.29, 0.717) is 22.2 Å². The van der Waals surface area contributed by atoms with Gasteiger partial charge in [0.1, 0.15) is 17.5 Å². The maximum absolute atomic E-state index is 13.7. The van der Waals surface area contributed by atoms with Crippen molar-refractivity contribution in [3.63, 3.8) is 0 Å². The first kappa shape index (κ1) is 14.7. The zero-order chi connectivity index (χ0) is 14.2. The maximum Gasteiger partial charge on any atom is 0.134 e. The fourth-order valence-electron chi connectivity index (χ4n) is 1.66. The predicted octanol–water partition coefficient (Wildman–Crippen LogP) is 5.85. The smallest absolute Gasteiger partial charge is 0.134 e. The number of hydrogen-bond acceptors (Lipinski definition) is 0. The third-order valence-electron chi connectivity index (χ3n) is 2.53.